The second kappa shape index (κ2) is 14.5. The first-order chi connectivity index (χ1) is 29.6. The number of pyridine rings is 4. The number of hydrogen-bond acceptors (Lipinski definition) is 7. The second-order valence-corrected chi connectivity index (χ2v) is 15.2. The Morgan fingerprint density at radius 2 is 1.02 bits per heavy atom. The van der Waals surface area contributed by atoms with Crippen molar-refractivity contribution in [3.63, 3.8) is 0 Å². The minimum Gasteiger partial charge on any atom is -0.344 e. The molecule has 7 nitrogen and oxygen atoms in total. The molecule has 6 aromatic carbocycles. The van der Waals surface area contributed by atoms with Gasteiger partial charge in [-0.1, -0.05) is 121 Å². The summed E-state index contributed by atoms with van der Waals surface area (Å²) in [5.41, 5.74) is 12.6. The molecule has 1 aliphatic rings. The third kappa shape index (κ3) is 5.98. The van der Waals surface area contributed by atoms with Crippen molar-refractivity contribution in [1.82, 2.24) is 25.3 Å². The zero-order valence-electron chi connectivity index (χ0n) is 33.0. The highest BCUT2D eigenvalue weighted by atomic mass is 15.2. The van der Waals surface area contributed by atoms with Crippen LogP contribution in [0, 0.1) is 13.8 Å². The first-order valence-electron chi connectivity index (χ1n) is 20.1. The van der Waals surface area contributed by atoms with E-state index in [1.54, 1.807) is 0 Å². The van der Waals surface area contributed by atoms with Crippen molar-refractivity contribution in [2.24, 2.45) is 9.98 Å². The number of aryl methyl sites for hydroxylation is 2. The molecule has 284 valence electrons. The Labute approximate surface area is 346 Å². The van der Waals surface area contributed by atoms with Crippen LogP contribution >= 0.6 is 0 Å². The average Bonchev–Trinajstić information content (AvgIpc) is 3.33. The molecule has 0 radical (unpaired) electrons. The number of benzene rings is 6. The van der Waals surface area contributed by atoms with Crippen LogP contribution in [-0.4, -0.2) is 31.6 Å². The molecule has 0 amide bonds. The summed E-state index contributed by atoms with van der Waals surface area (Å²) in [7, 11) is 0. The number of rotatable bonds is 6. The number of hydrogen-bond donors (Lipinski definition) is 1. The molecule has 0 spiro atoms. The van der Waals surface area contributed by atoms with Gasteiger partial charge in [0.05, 0.1) is 33.8 Å². The summed E-state index contributed by atoms with van der Waals surface area (Å²) in [4.78, 5) is 30.6. The van der Waals surface area contributed by atoms with Gasteiger partial charge < -0.3 is 5.32 Å². The number of nitrogens with zero attached hydrogens (tertiary/aromatic N) is 6. The van der Waals surface area contributed by atoms with Crippen molar-refractivity contribution in [3.05, 3.63) is 204 Å². The van der Waals surface area contributed by atoms with E-state index in [9.17, 15) is 0 Å². The van der Waals surface area contributed by atoms with E-state index in [0.29, 0.717) is 5.84 Å². The third-order valence-electron chi connectivity index (χ3n) is 11.6. The predicted molar refractivity (Wildman–Crippen MR) is 245 cm³/mol. The fourth-order valence-corrected chi connectivity index (χ4v) is 8.76. The van der Waals surface area contributed by atoms with E-state index in [4.69, 9.17) is 29.9 Å². The molecule has 10 aromatic rings. The van der Waals surface area contributed by atoms with Gasteiger partial charge in [0.15, 0.2) is 5.84 Å². The summed E-state index contributed by atoms with van der Waals surface area (Å²) in [5.74, 6) is 1.48. The first-order valence-corrected chi connectivity index (χ1v) is 20.1. The standard InChI is InChI=1S/C53H37N7/c1-32-45-39-22-9-10-23-41(39)56-49(42-24-11-13-28-54-42)47(45)33(2)46-40-27-26-37(31-44(40)57-50(48(32)46)43-25-12-14-29-55-43)36-20-15-21-38(30-36)53-59-51(34-16-5-3-6-17-34)58-52(60-53)35-18-7-4-8-19-35/h3-31,53H,1-2H3,(H,58,59,60). The van der Waals surface area contributed by atoms with Crippen LogP contribution in [0.15, 0.2) is 186 Å². The SMILES string of the molecule is Cc1c2c(-c3ccccn3)nc3cc(-c4cccc(C5N=C(c6ccccc6)N=C(c6ccccc6)N5)c4)ccc3c2c(C)c2c(-c3ccccn3)nc3ccccc3c12. The number of aromatic nitrogens is 4. The Hall–Kier alpha value is -7.90. The van der Waals surface area contributed by atoms with Crippen LogP contribution in [0.25, 0.3) is 77.3 Å². The minimum atomic E-state index is -0.344. The Kier molecular flexibility index (Phi) is 8.52. The van der Waals surface area contributed by atoms with E-state index in [2.05, 4.69) is 110 Å². The van der Waals surface area contributed by atoms with E-state index in [1.165, 1.54) is 0 Å². The Bertz CT molecular complexity index is 3350. The molecule has 11 rings (SSSR count). The highest BCUT2D eigenvalue weighted by Crippen LogP contribution is 2.45. The van der Waals surface area contributed by atoms with Gasteiger partial charge in [-0.2, -0.15) is 0 Å². The van der Waals surface area contributed by atoms with E-state index in [0.717, 1.165) is 111 Å². The van der Waals surface area contributed by atoms with Gasteiger partial charge in [-0.3, -0.25) is 9.97 Å². The summed E-state index contributed by atoms with van der Waals surface area (Å²) in [6.07, 6.45) is 3.34. The molecule has 7 heteroatoms. The van der Waals surface area contributed by atoms with E-state index < -0.39 is 0 Å². The summed E-state index contributed by atoms with van der Waals surface area (Å²) < 4.78 is 0. The van der Waals surface area contributed by atoms with Crippen LogP contribution in [0.2, 0.25) is 0 Å². The molecule has 60 heavy (non-hydrogen) atoms. The molecule has 1 N–H and O–H groups in total. The molecule has 5 heterocycles. The zero-order valence-corrected chi connectivity index (χ0v) is 33.0. The third-order valence-corrected chi connectivity index (χ3v) is 11.6. The fraction of sp³-hybridized carbons (Fsp3) is 0.0566. The lowest BCUT2D eigenvalue weighted by Crippen LogP contribution is -2.33. The Morgan fingerprint density at radius 3 is 1.68 bits per heavy atom. The normalized spacial score (nSPS) is 14.0. The maximum Gasteiger partial charge on any atom is 0.159 e. The fourth-order valence-electron chi connectivity index (χ4n) is 8.76. The lowest BCUT2D eigenvalue weighted by molar-refractivity contribution is 0.674. The molecule has 1 unspecified atom stereocenters. The van der Waals surface area contributed by atoms with Gasteiger partial charge in [-0.15, -0.1) is 0 Å². The van der Waals surface area contributed by atoms with Crippen LogP contribution in [-0.2, 0) is 0 Å². The van der Waals surface area contributed by atoms with Crippen molar-refractivity contribution in [1.29, 1.82) is 0 Å². The summed E-state index contributed by atoms with van der Waals surface area (Å²) in [6, 6.07) is 56.1. The van der Waals surface area contributed by atoms with Gasteiger partial charge in [0.1, 0.15) is 12.0 Å². The van der Waals surface area contributed by atoms with Crippen LogP contribution in [0.1, 0.15) is 34.0 Å². The molecular formula is C53H37N7. The highest BCUT2D eigenvalue weighted by molar-refractivity contribution is 6.25. The van der Waals surface area contributed by atoms with E-state index >= 15 is 0 Å². The molecule has 0 fully saturated rings. The summed E-state index contributed by atoms with van der Waals surface area (Å²) >= 11 is 0. The molecular weight excluding hydrogens is 735 g/mol. The summed E-state index contributed by atoms with van der Waals surface area (Å²) in [6.45, 7) is 4.44. The summed E-state index contributed by atoms with van der Waals surface area (Å²) in [5, 5.41) is 10.3. The van der Waals surface area contributed by atoms with Crippen molar-refractivity contribution in [2.45, 2.75) is 20.0 Å². The smallest absolute Gasteiger partial charge is 0.159 e. The first kappa shape index (κ1) is 35.3. The largest absolute Gasteiger partial charge is 0.344 e. The van der Waals surface area contributed by atoms with Gasteiger partial charge >= 0.3 is 0 Å². The molecule has 0 aliphatic carbocycles. The second-order valence-electron chi connectivity index (χ2n) is 15.2. The van der Waals surface area contributed by atoms with E-state index in [1.807, 2.05) is 85.2 Å². The van der Waals surface area contributed by atoms with Gasteiger partial charge in [-0.25, -0.2) is 20.0 Å². The average molecular weight is 772 g/mol. The predicted octanol–water partition coefficient (Wildman–Crippen LogP) is 12.0. The molecule has 0 bridgehead atoms. The van der Waals surface area contributed by atoms with Crippen LogP contribution in [0.5, 0.6) is 0 Å². The van der Waals surface area contributed by atoms with Crippen molar-refractivity contribution < 1.29 is 0 Å². The number of amidine groups is 2. The van der Waals surface area contributed by atoms with Crippen LogP contribution < -0.4 is 5.32 Å². The lowest BCUT2D eigenvalue weighted by atomic mass is 9.86. The van der Waals surface area contributed by atoms with Gasteiger partial charge in [0, 0.05) is 45.1 Å². The maximum absolute atomic E-state index is 5.49. The highest BCUT2D eigenvalue weighted by Gasteiger charge is 2.24. The quantitative estimate of drug-likeness (QED) is 0.134. The topological polar surface area (TPSA) is 88.3 Å². The number of fused-ring (bicyclic) bond motifs is 6. The molecule has 1 aliphatic heterocycles. The number of aliphatic imine (C=N–C) groups is 2. The minimum absolute atomic E-state index is 0.344. The van der Waals surface area contributed by atoms with Gasteiger partial charge in [0.25, 0.3) is 0 Å². The Morgan fingerprint density at radius 1 is 0.450 bits per heavy atom. The molecule has 0 saturated carbocycles. The van der Waals surface area contributed by atoms with Crippen molar-refractivity contribution in [2.75, 3.05) is 0 Å². The monoisotopic (exact) mass is 771 g/mol. The van der Waals surface area contributed by atoms with Crippen molar-refractivity contribution >= 4 is 55.0 Å². The number of nitrogens with one attached hydrogen (secondary N) is 1. The maximum atomic E-state index is 5.49. The van der Waals surface area contributed by atoms with E-state index in [-0.39, 0.29) is 6.17 Å². The Balaban J connectivity index is 1.11. The molecule has 4 aromatic heterocycles. The molecule has 0 saturated heterocycles. The van der Waals surface area contributed by atoms with Gasteiger partial charge in [-0.05, 0) is 94.9 Å². The molecule has 1 atom stereocenters. The lowest BCUT2D eigenvalue weighted by Gasteiger charge is -2.24. The van der Waals surface area contributed by atoms with Crippen LogP contribution in [0.3, 0.4) is 0 Å². The van der Waals surface area contributed by atoms with Gasteiger partial charge in [0.2, 0.25) is 0 Å². The number of para-hydroxylation sites is 1. The zero-order chi connectivity index (χ0) is 40.2. The van der Waals surface area contributed by atoms with Crippen molar-refractivity contribution in [3.8, 4) is 33.9 Å². The van der Waals surface area contributed by atoms with Crippen LogP contribution in [0.4, 0.5) is 0 Å².